The Balaban J connectivity index is 2.33. The topological polar surface area (TPSA) is 40.2 Å². The molecule has 66 valence electrons. The molecule has 0 bridgehead atoms. The molecule has 1 heterocycles. The number of diazo groups is 1. The second-order valence-electron chi connectivity index (χ2n) is 3.35. The lowest BCUT2D eigenvalue weighted by Gasteiger charge is -2.04. The maximum Gasteiger partial charge on any atom is 0.388 e. The van der Waals surface area contributed by atoms with E-state index in [1.807, 2.05) is 24.3 Å². The molecule has 0 radical (unpaired) electrons. The first-order chi connectivity index (χ1) is 6.42. The van der Waals surface area contributed by atoms with Gasteiger partial charge in [-0.15, -0.1) is 0 Å². The van der Waals surface area contributed by atoms with Crippen LogP contribution in [0.15, 0.2) is 24.3 Å². The summed E-state index contributed by atoms with van der Waals surface area (Å²) in [4.78, 5) is 3.29. The van der Waals surface area contributed by atoms with E-state index in [0.717, 1.165) is 25.1 Å². The molecule has 0 saturated carbocycles. The van der Waals surface area contributed by atoms with Gasteiger partial charge >= 0.3 is 5.69 Å². The van der Waals surface area contributed by atoms with Crippen LogP contribution in [0.3, 0.4) is 0 Å². The molecule has 1 fully saturated rings. The lowest BCUT2D eigenvalue weighted by Crippen LogP contribution is -2.07. The highest BCUT2D eigenvalue weighted by Gasteiger charge is 2.24. The summed E-state index contributed by atoms with van der Waals surface area (Å²) >= 11 is 0. The van der Waals surface area contributed by atoms with E-state index in [4.69, 9.17) is 5.39 Å². The van der Waals surface area contributed by atoms with Crippen molar-refractivity contribution in [3.8, 4) is 0 Å². The molecule has 1 saturated heterocycles. The lowest BCUT2D eigenvalue weighted by molar-refractivity contribution is 0.766. The monoisotopic (exact) mass is 174 g/mol. The summed E-state index contributed by atoms with van der Waals surface area (Å²) in [5.74, 6) is 0.507. The summed E-state index contributed by atoms with van der Waals surface area (Å²) in [6, 6.07) is 7.75. The lowest BCUT2D eigenvalue weighted by atomic mass is 9.97. The van der Waals surface area contributed by atoms with E-state index in [1.165, 1.54) is 0 Å². The fourth-order valence-corrected chi connectivity index (χ4v) is 1.84. The van der Waals surface area contributed by atoms with Gasteiger partial charge in [-0.05, 0) is 13.0 Å². The van der Waals surface area contributed by atoms with Gasteiger partial charge in [0.2, 0.25) is 5.39 Å². The predicted octanol–water partition coefficient (Wildman–Crippen LogP) is 2.25. The van der Waals surface area contributed by atoms with Crippen molar-refractivity contribution < 1.29 is 0 Å². The fourth-order valence-electron chi connectivity index (χ4n) is 1.84. The number of nitrogens with zero attached hydrogens (tertiary/aromatic N) is 2. The standard InChI is InChI=1S/C10H12N3/c11-13-10-4-2-1-3-9(10)8-5-6-12-7-8/h1-4,8,12H,5-7H2/q+1. The van der Waals surface area contributed by atoms with Crippen LogP contribution < -0.4 is 5.32 Å². The van der Waals surface area contributed by atoms with E-state index < -0.39 is 0 Å². The van der Waals surface area contributed by atoms with Crippen LogP contribution in [0, 0.1) is 5.39 Å². The summed E-state index contributed by atoms with van der Waals surface area (Å²) in [5.41, 5.74) is 1.85. The summed E-state index contributed by atoms with van der Waals surface area (Å²) in [6.45, 7) is 2.05. The third-order valence-electron chi connectivity index (χ3n) is 2.54. The molecule has 0 aliphatic carbocycles. The number of nitrogens with one attached hydrogen (secondary N) is 1. The van der Waals surface area contributed by atoms with Gasteiger partial charge in [0.05, 0.1) is 5.56 Å². The molecule has 0 amide bonds. The first-order valence-corrected chi connectivity index (χ1v) is 4.56. The third-order valence-corrected chi connectivity index (χ3v) is 2.54. The normalized spacial score (nSPS) is 21.3. The third kappa shape index (κ3) is 1.53. The zero-order chi connectivity index (χ0) is 9.10. The van der Waals surface area contributed by atoms with Crippen LogP contribution in [-0.4, -0.2) is 13.1 Å². The Morgan fingerprint density at radius 1 is 1.38 bits per heavy atom. The van der Waals surface area contributed by atoms with Gasteiger partial charge in [-0.2, -0.15) is 0 Å². The van der Waals surface area contributed by atoms with Crippen molar-refractivity contribution in [3.05, 3.63) is 34.8 Å². The van der Waals surface area contributed by atoms with Crippen LogP contribution in [-0.2, 0) is 0 Å². The molecule has 1 aromatic carbocycles. The van der Waals surface area contributed by atoms with E-state index >= 15 is 0 Å². The number of benzene rings is 1. The highest BCUT2D eigenvalue weighted by atomic mass is 14.9. The van der Waals surface area contributed by atoms with E-state index in [1.54, 1.807) is 0 Å². The molecule has 1 aliphatic rings. The molecule has 0 aromatic heterocycles. The Labute approximate surface area is 77.4 Å². The van der Waals surface area contributed by atoms with E-state index in [-0.39, 0.29) is 0 Å². The van der Waals surface area contributed by atoms with Crippen LogP contribution in [0.4, 0.5) is 5.69 Å². The molecule has 13 heavy (non-hydrogen) atoms. The van der Waals surface area contributed by atoms with Crippen LogP contribution in [0.1, 0.15) is 17.9 Å². The van der Waals surface area contributed by atoms with E-state index in [0.29, 0.717) is 11.6 Å². The van der Waals surface area contributed by atoms with E-state index in [2.05, 4.69) is 10.3 Å². The highest BCUT2D eigenvalue weighted by Crippen LogP contribution is 2.30. The highest BCUT2D eigenvalue weighted by molar-refractivity contribution is 5.53. The van der Waals surface area contributed by atoms with Crippen molar-refractivity contribution in [2.75, 3.05) is 13.1 Å². The van der Waals surface area contributed by atoms with Crippen molar-refractivity contribution in [1.82, 2.24) is 5.32 Å². The maximum atomic E-state index is 8.78. The second-order valence-corrected chi connectivity index (χ2v) is 3.35. The van der Waals surface area contributed by atoms with Gasteiger partial charge in [0.1, 0.15) is 0 Å². The summed E-state index contributed by atoms with van der Waals surface area (Å²) in [5, 5.41) is 12.1. The molecule has 3 heteroatoms. The van der Waals surface area contributed by atoms with Gasteiger partial charge in [0.15, 0.2) is 4.98 Å². The first kappa shape index (κ1) is 8.21. The molecule has 0 spiro atoms. The minimum atomic E-state index is 0.507. The van der Waals surface area contributed by atoms with Crippen molar-refractivity contribution in [3.63, 3.8) is 0 Å². The minimum absolute atomic E-state index is 0.507. The van der Waals surface area contributed by atoms with Gasteiger partial charge in [-0.3, -0.25) is 0 Å². The van der Waals surface area contributed by atoms with Gasteiger partial charge in [-0.1, -0.05) is 18.2 Å². The van der Waals surface area contributed by atoms with Crippen molar-refractivity contribution in [2.24, 2.45) is 0 Å². The average molecular weight is 174 g/mol. The van der Waals surface area contributed by atoms with Crippen LogP contribution in [0.25, 0.3) is 4.98 Å². The average Bonchev–Trinajstić information content (AvgIpc) is 2.70. The quantitative estimate of drug-likeness (QED) is 0.663. The van der Waals surface area contributed by atoms with Gasteiger partial charge in [0.25, 0.3) is 0 Å². The fraction of sp³-hybridized carbons (Fsp3) is 0.400. The number of hydrogen-bond acceptors (Lipinski definition) is 2. The molecular weight excluding hydrogens is 162 g/mol. The Morgan fingerprint density at radius 3 is 2.92 bits per heavy atom. The number of hydrogen-bond donors (Lipinski definition) is 1. The Kier molecular flexibility index (Phi) is 2.24. The predicted molar refractivity (Wildman–Crippen MR) is 51.4 cm³/mol. The SMILES string of the molecule is N#[N+]c1ccccc1C1CCNC1. The largest absolute Gasteiger partial charge is 0.388 e. The molecule has 1 aliphatic heterocycles. The van der Waals surface area contributed by atoms with E-state index in [9.17, 15) is 0 Å². The molecule has 1 N–H and O–H groups in total. The molecule has 1 aromatic rings. The van der Waals surface area contributed by atoms with Crippen LogP contribution in [0.2, 0.25) is 0 Å². The smallest absolute Gasteiger partial charge is 0.316 e. The summed E-state index contributed by atoms with van der Waals surface area (Å²) < 4.78 is 0. The van der Waals surface area contributed by atoms with Gasteiger partial charge in [0, 0.05) is 18.5 Å². The zero-order valence-corrected chi connectivity index (χ0v) is 7.40. The molecule has 3 nitrogen and oxygen atoms in total. The summed E-state index contributed by atoms with van der Waals surface area (Å²) in [6.07, 6.45) is 1.13. The van der Waals surface area contributed by atoms with Crippen molar-refractivity contribution >= 4 is 5.69 Å². The Hall–Kier alpha value is -1.40. The molecule has 1 unspecified atom stereocenters. The zero-order valence-electron chi connectivity index (χ0n) is 7.40. The molecule has 2 rings (SSSR count). The molecule has 1 atom stereocenters. The first-order valence-electron chi connectivity index (χ1n) is 4.56. The molecular formula is C10H12N3+. The van der Waals surface area contributed by atoms with Crippen molar-refractivity contribution in [1.29, 1.82) is 5.39 Å². The number of rotatable bonds is 1. The van der Waals surface area contributed by atoms with Gasteiger partial charge < -0.3 is 5.32 Å². The van der Waals surface area contributed by atoms with Crippen LogP contribution in [0.5, 0.6) is 0 Å². The van der Waals surface area contributed by atoms with Gasteiger partial charge in [-0.25, -0.2) is 0 Å². The summed E-state index contributed by atoms with van der Waals surface area (Å²) in [7, 11) is 0. The Morgan fingerprint density at radius 2 is 2.23 bits per heavy atom. The minimum Gasteiger partial charge on any atom is -0.316 e. The maximum absolute atomic E-state index is 8.78. The van der Waals surface area contributed by atoms with Crippen molar-refractivity contribution in [2.45, 2.75) is 12.3 Å². The second kappa shape index (κ2) is 3.55. The Bertz CT molecular complexity index is 334. The van der Waals surface area contributed by atoms with Crippen LogP contribution >= 0.6 is 0 Å².